The predicted octanol–water partition coefficient (Wildman–Crippen LogP) is 3.54. The Balaban J connectivity index is 2.49. The number of anilines is 1. The van der Waals surface area contributed by atoms with Crippen molar-refractivity contribution in [2.75, 3.05) is 12.4 Å². The quantitative estimate of drug-likeness (QED) is 0.797. The minimum absolute atomic E-state index is 0.512. The third-order valence-electron chi connectivity index (χ3n) is 2.33. The smallest absolute Gasteiger partial charge is 0.119 e. The standard InChI is InChI=1S/C13H21NO/c1-10(2)9-11(3)14-12-5-7-13(15-4)8-6-12/h5-8,10-11,14H,9H2,1-4H3. The van der Waals surface area contributed by atoms with E-state index < -0.39 is 0 Å². The molecule has 1 aromatic carbocycles. The van der Waals surface area contributed by atoms with Gasteiger partial charge in [-0.05, 0) is 43.5 Å². The Morgan fingerprint density at radius 3 is 2.20 bits per heavy atom. The Labute approximate surface area is 92.6 Å². The average molecular weight is 207 g/mol. The molecule has 0 aliphatic rings. The van der Waals surface area contributed by atoms with E-state index in [-0.39, 0.29) is 0 Å². The second-order valence-electron chi connectivity index (χ2n) is 4.40. The molecule has 1 rings (SSSR count). The van der Waals surface area contributed by atoms with Crippen molar-refractivity contribution in [3.63, 3.8) is 0 Å². The summed E-state index contributed by atoms with van der Waals surface area (Å²) < 4.78 is 5.11. The summed E-state index contributed by atoms with van der Waals surface area (Å²) in [6, 6.07) is 8.57. The van der Waals surface area contributed by atoms with Crippen LogP contribution in [0.5, 0.6) is 5.75 Å². The highest BCUT2D eigenvalue weighted by Crippen LogP contribution is 2.17. The fraction of sp³-hybridized carbons (Fsp3) is 0.538. The summed E-state index contributed by atoms with van der Waals surface area (Å²) in [5.74, 6) is 1.63. The molecular weight excluding hydrogens is 186 g/mol. The first-order valence-electron chi connectivity index (χ1n) is 5.52. The molecule has 0 bridgehead atoms. The minimum atomic E-state index is 0.512. The second-order valence-corrected chi connectivity index (χ2v) is 4.40. The van der Waals surface area contributed by atoms with Gasteiger partial charge in [0.25, 0.3) is 0 Å². The van der Waals surface area contributed by atoms with E-state index in [4.69, 9.17) is 4.74 Å². The third-order valence-corrected chi connectivity index (χ3v) is 2.33. The first-order chi connectivity index (χ1) is 7.11. The van der Waals surface area contributed by atoms with Crippen LogP contribution in [0.1, 0.15) is 27.2 Å². The molecular formula is C13H21NO. The first-order valence-corrected chi connectivity index (χ1v) is 5.52. The van der Waals surface area contributed by atoms with Crippen molar-refractivity contribution in [2.45, 2.75) is 33.2 Å². The normalized spacial score (nSPS) is 12.6. The van der Waals surface area contributed by atoms with Crippen molar-refractivity contribution in [1.29, 1.82) is 0 Å². The molecule has 0 saturated heterocycles. The summed E-state index contributed by atoms with van der Waals surface area (Å²) in [7, 11) is 1.68. The molecule has 84 valence electrons. The minimum Gasteiger partial charge on any atom is -0.497 e. The van der Waals surface area contributed by atoms with E-state index in [1.165, 1.54) is 6.42 Å². The zero-order valence-electron chi connectivity index (χ0n) is 10.1. The van der Waals surface area contributed by atoms with Crippen LogP contribution in [0.15, 0.2) is 24.3 Å². The van der Waals surface area contributed by atoms with Crippen LogP contribution in [0.4, 0.5) is 5.69 Å². The number of benzene rings is 1. The van der Waals surface area contributed by atoms with Crippen LogP contribution in [0.25, 0.3) is 0 Å². The maximum atomic E-state index is 5.11. The van der Waals surface area contributed by atoms with E-state index >= 15 is 0 Å². The Hall–Kier alpha value is -1.18. The molecule has 0 amide bonds. The van der Waals surface area contributed by atoms with E-state index in [0.717, 1.165) is 17.4 Å². The van der Waals surface area contributed by atoms with Gasteiger partial charge in [-0.1, -0.05) is 13.8 Å². The molecule has 1 N–H and O–H groups in total. The van der Waals surface area contributed by atoms with Crippen LogP contribution in [-0.4, -0.2) is 13.2 Å². The molecule has 0 heterocycles. The van der Waals surface area contributed by atoms with Crippen molar-refractivity contribution in [2.24, 2.45) is 5.92 Å². The first kappa shape index (κ1) is 11.9. The molecule has 0 radical (unpaired) electrons. The molecule has 15 heavy (non-hydrogen) atoms. The molecule has 0 aliphatic heterocycles. The molecule has 1 atom stereocenters. The maximum absolute atomic E-state index is 5.11. The van der Waals surface area contributed by atoms with E-state index in [1.807, 2.05) is 12.1 Å². The van der Waals surface area contributed by atoms with Gasteiger partial charge >= 0.3 is 0 Å². The van der Waals surface area contributed by atoms with Crippen molar-refractivity contribution in [3.05, 3.63) is 24.3 Å². The lowest BCUT2D eigenvalue weighted by molar-refractivity contribution is 0.415. The molecule has 1 aromatic rings. The van der Waals surface area contributed by atoms with E-state index in [9.17, 15) is 0 Å². The summed E-state index contributed by atoms with van der Waals surface area (Å²) in [5.41, 5.74) is 1.16. The van der Waals surface area contributed by atoms with Crippen molar-refractivity contribution >= 4 is 5.69 Å². The molecule has 0 fully saturated rings. The summed E-state index contributed by atoms with van der Waals surface area (Å²) in [6.45, 7) is 6.70. The fourth-order valence-electron chi connectivity index (χ4n) is 1.74. The van der Waals surface area contributed by atoms with Crippen molar-refractivity contribution in [1.82, 2.24) is 0 Å². The highest BCUT2D eigenvalue weighted by molar-refractivity contribution is 5.46. The van der Waals surface area contributed by atoms with E-state index in [2.05, 4.69) is 38.2 Å². The fourth-order valence-corrected chi connectivity index (χ4v) is 1.74. The van der Waals surface area contributed by atoms with E-state index in [0.29, 0.717) is 6.04 Å². The average Bonchev–Trinajstić information content (AvgIpc) is 2.17. The molecule has 1 unspecified atom stereocenters. The van der Waals surface area contributed by atoms with Gasteiger partial charge < -0.3 is 10.1 Å². The Morgan fingerprint density at radius 2 is 1.73 bits per heavy atom. The number of rotatable bonds is 5. The number of hydrogen-bond acceptors (Lipinski definition) is 2. The van der Waals surface area contributed by atoms with Gasteiger partial charge in [0.1, 0.15) is 5.75 Å². The summed E-state index contributed by atoms with van der Waals surface area (Å²) in [5, 5.41) is 3.47. The maximum Gasteiger partial charge on any atom is 0.119 e. The van der Waals surface area contributed by atoms with Crippen LogP contribution in [-0.2, 0) is 0 Å². The second kappa shape index (κ2) is 5.64. The SMILES string of the molecule is COc1ccc(NC(C)CC(C)C)cc1. The lowest BCUT2D eigenvalue weighted by atomic mass is 10.1. The Morgan fingerprint density at radius 1 is 1.13 bits per heavy atom. The predicted molar refractivity (Wildman–Crippen MR) is 65.5 cm³/mol. The highest BCUT2D eigenvalue weighted by atomic mass is 16.5. The number of nitrogens with one attached hydrogen (secondary N) is 1. The van der Waals surface area contributed by atoms with Crippen LogP contribution < -0.4 is 10.1 Å². The lowest BCUT2D eigenvalue weighted by Crippen LogP contribution is -2.17. The summed E-state index contributed by atoms with van der Waals surface area (Å²) in [4.78, 5) is 0. The topological polar surface area (TPSA) is 21.3 Å². The molecule has 2 nitrogen and oxygen atoms in total. The van der Waals surface area contributed by atoms with Gasteiger partial charge in [0.15, 0.2) is 0 Å². The largest absolute Gasteiger partial charge is 0.497 e. The van der Waals surface area contributed by atoms with Crippen LogP contribution in [0.2, 0.25) is 0 Å². The molecule has 0 spiro atoms. The van der Waals surface area contributed by atoms with Gasteiger partial charge in [-0.2, -0.15) is 0 Å². The van der Waals surface area contributed by atoms with E-state index in [1.54, 1.807) is 7.11 Å². The lowest BCUT2D eigenvalue weighted by Gasteiger charge is -2.17. The van der Waals surface area contributed by atoms with Crippen LogP contribution >= 0.6 is 0 Å². The van der Waals surface area contributed by atoms with Gasteiger partial charge in [-0.3, -0.25) is 0 Å². The summed E-state index contributed by atoms with van der Waals surface area (Å²) in [6.07, 6.45) is 1.19. The molecule has 0 aliphatic carbocycles. The van der Waals surface area contributed by atoms with Gasteiger partial charge in [-0.15, -0.1) is 0 Å². The van der Waals surface area contributed by atoms with Gasteiger partial charge in [0, 0.05) is 11.7 Å². The molecule has 0 saturated carbocycles. The molecule has 2 heteroatoms. The number of hydrogen-bond donors (Lipinski definition) is 1. The third kappa shape index (κ3) is 4.24. The van der Waals surface area contributed by atoms with Gasteiger partial charge in [-0.25, -0.2) is 0 Å². The Bertz CT molecular complexity index is 279. The Kier molecular flexibility index (Phi) is 4.47. The highest BCUT2D eigenvalue weighted by Gasteiger charge is 2.04. The molecule has 0 aromatic heterocycles. The summed E-state index contributed by atoms with van der Waals surface area (Å²) >= 11 is 0. The van der Waals surface area contributed by atoms with Crippen molar-refractivity contribution < 1.29 is 4.74 Å². The van der Waals surface area contributed by atoms with Crippen molar-refractivity contribution in [3.8, 4) is 5.75 Å². The van der Waals surface area contributed by atoms with Crippen LogP contribution in [0.3, 0.4) is 0 Å². The van der Waals surface area contributed by atoms with Crippen LogP contribution in [0, 0.1) is 5.92 Å². The number of ether oxygens (including phenoxy) is 1. The van der Waals surface area contributed by atoms with Gasteiger partial charge in [0.2, 0.25) is 0 Å². The monoisotopic (exact) mass is 207 g/mol. The van der Waals surface area contributed by atoms with Gasteiger partial charge in [0.05, 0.1) is 7.11 Å². The zero-order chi connectivity index (χ0) is 11.3. The zero-order valence-corrected chi connectivity index (χ0v) is 10.1. The number of methoxy groups -OCH3 is 1.